The van der Waals surface area contributed by atoms with E-state index in [1.165, 1.54) is 0 Å². The fraction of sp³-hybridized carbons (Fsp3) is 0.900. The second-order valence-electron chi connectivity index (χ2n) is 4.12. The maximum Gasteiger partial charge on any atom is 0.319 e. The van der Waals surface area contributed by atoms with Gasteiger partial charge in [-0.25, -0.2) is 8.78 Å². The zero-order valence-corrected chi connectivity index (χ0v) is 9.73. The van der Waals surface area contributed by atoms with Gasteiger partial charge in [0.15, 0.2) is 0 Å². The summed E-state index contributed by atoms with van der Waals surface area (Å²) in [5, 5.41) is 4.64. The highest BCUT2D eigenvalue weighted by Gasteiger charge is 2.40. The van der Waals surface area contributed by atoms with Crippen LogP contribution in [0.2, 0.25) is 0 Å². The molecule has 1 saturated heterocycles. The van der Waals surface area contributed by atoms with Crippen LogP contribution in [0, 0.1) is 0 Å². The Morgan fingerprint density at radius 1 is 1.33 bits per heavy atom. The van der Waals surface area contributed by atoms with E-state index in [0.29, 0.717) is 26.1 Å². The lowest BCUT2D eigenvalue weighted by molar-refractivity contribution is -0.129. The molecule has 0 aromatic heterocycles. The van der Waals surface area contributed by atoms with Crippen molar-refractivity contribution in [2.75, 3.05) is 26.3 Å². The molecule has 4 nitrogen and oxygen atoms in total. The van der Waals surface area contributed by atoms with Crippen LogP contribution < -0.4 is 10.6 Å². The van der Waals surface area contributed by atoms with E-state index < -0.39 is 31.3 Å². The molecule has 0 aromatic rings. The maximum absolute atomic E-state index is 12.5. The molecule has 8 heteroatoms. The normalized spacial score (nSPS) is 18.1. The molecule has 1 rings (SSSR count). The minimum atomic E-state index is -4.11. The molecule has 0 radical (unpaired) electrons. The third kappa shape index (κ3) is 5.18. The van der Waals surface area contributed by atoms with Gasteiger partial charge in [-0.1, -0.05) is 0 Å². The van der Waals surface area contributed by atoms with Crippen LogP contribution in [-0.4, -0.2) is 50.6 Å². The van der Waals surface area contributed by atoms with Crippen molar-refractivity contribution in [3.63, 3.8) is 0 Å². The molecule has 18 heavy (non-hydrogen) atoms. The van der Waals surface area contributed by atoms with Gasteiger partial charge in [0.05, 0.1) is 13.1 Å². The van der Waals surface area contributed by atoms with E-state index in [1.807, 2.05) is 5.32 Å². The topological polar surface area (TPSA) is 50.4 Å². The monoisotopic (exact) mass is 272 g/mol. The predicted molar refractivity (Wildman–Crippen MR) is 55.8 cm³/mol. The van der Waals surface area contributed by atoms with Crippen LogP contribution >= 0.6 is 0 Å². The second kappa shape index (κ2) is 6.89. The summed E-state index contributed by atoms with van der Waals surface area (Å²) in [6.45, 7) is -0.533. The number of halogens is 4. The molecular formula is C10H16F4N2O2. The fourth-order valence-corrected chi connectivity index (χ4v) is 1.54. The van der Waals surface area contributed by atoms with Crippen LogP contribution in [0.5, 0.6) is 0 Å². The fourth-order valence-electron chi connectivity index (χ4n) is 1.54. The van der Waals surface area contributed by atoms with Gasteiger partial charge in [-0.2, -0.15) is 8.78 Å². The standard InChI is InChI=1S/C10H16F4N2O2/c11-9(12)10(13,14)6-15-5-8(17)16-7-1-3-18-4-2-7/h7,9,15H,1-6H2,(H,16,17). The smallest absolute Gasteiger partial charge is 0.319 e. The largest absolute Gasteiger partial charge is 0.381 e. The first-order valence-corrected chi connectivity index (χ1v) is 5.65. The lowest BCUT2D eigenvalue weighted by Crippen LogP contribution is -2.46. The molecule has 1 fully saturated rings. The number of nitrogens with one attached hydrogen (secondary N) is 2. The summed E-state index contributed by atoms with van der Waals surface area (Å²) >= 11 is 0. The third-order valence-electron chi connectivity index (χ3n) is 2.55. The average molecular weight is 272 g/mol. The molecule has 0 unspecified atom stereocenters. The Balaban J connectivity index is 2.17. The molecule has 0 atom stereocenters. The predicted octanol–water partition coefficient (Wildman–Crippen LogP) is 0.772. The van der Waals surface area contributed by atoms with Gasteiger partial charge in [0.2, 0.25) is 5.91 Å². The van der Waals surface area contributed by atoms with Gasteiger partial charge >= 0.3 is 12.3 Å². The van der Waals surface area contributed by atoms with Crippen molar-refractivity contribution >= 4 is 5.91 Å². The van der Waals surface area contributed by atoms with E-state index in [0.717, 1.165) is 0 Å². The van der Waals surface area contributed by atoms with Crippen molar-refractivity contribution in [2.45, 2.75) is 31.2 Å². The molecule has 1 amide bonds. The highest BCUT2D eigenvalue weighted by molar-refractivity contribution is 5.78. The number of amides is 1. The second-order valence-corrected chi connectivity index (χ2v) is 4.12. The summed E-state index contributed by atoms with van der Waals surface area (Å²) in [5.74, 6) is -4.59. The highest BCUT2D eigenvalue weighted by Crippen LogP contribution is 2.21. The van der Waals surface area contributed by atoms with Gasteiger partial charge in [-0.05, 0) is 12.8 Å². The molecule has 1 heterocycles. The van der Waals surface area contributed by atoms with Crippen molar-refractivity contribution < 1.29 is 27.1 Å². The van der Waals surface area contributed by atoms with E-state index in [1.54, 1.807) is 0 Å². The minimum absolute atomic E-state index is 0.0383. The van der Waals surface area contributed by atoms with Crippen molar-refractivity contribution in [1.29, 1.82) is 0 Å². The van der Waals surface area contributed by atoms with Gasteiger partial charge in [-0.15, -0.1) is 0 Å². The van der Waals surface area contributed by atoms with Crippen molar-refractivity contribution in [2.24, 2.45) is 0 Å². The van der Waals surface area contributed by atoms with Gasteiger partial charge in [0.1, 0.15) is 0 Å². The van der Waals surface area contributed by atoms with Crippen LogP contribution in [0.1, 0.15) is 12.8 Å². The Labute approximate surface area is 102 Å². The number of alkyl halides is 4. The lowest BCUT2D eigenvalue weighted by atomic mass is 10.1. The van der Waals surface area contributed by atoms with E-state index in [2.05, 4.69) is 5.32 Å². The molecule has 0 spiro atoms. The van der Waals surface area contributed by atoms with Crippen LogP contribution in [0.15, 0.2) is 0 Å². The summed E-state index contributed by atoms with van der Waals surface area (Å²) in [6.07, 6.45) is -2.40. The molecule has 0 bridgehead atoms. The number of carbonyl (C=O) groups excluding carboxylic acids is 1. The Morgan fingerprint density at radius 3 is 2.50 bits per heavy atom. The summed E-state index contributed by atoms with van der Waals surface area (Å²) in [6, 6.07) is -0.0383. The molecule has 1 aliphatic heterocycles. The van der Waals surface area contributed by atoms with Crippen molar-refractivity contribution in [3.05, 3.63) is 0 Å². The lowest BCUT2D eigenvalue weighted by Gasteiger charge is -2.23. The summed E-state index contributed by atoms with van der Waals surface area (Å²) in [4.78, 5) is 11.3. The minimum Gasteiger partial charge on any atom is -0.381 e. The Hall–Kier alpha value is -0.890. The Morgan fingerprint density at radius 2 is 1.94 bits per heavy atom. The number of carbonyl (C=O) groups is 1. The molecule has 0 aromatic carbocycles. The van der Waals surface area contributed by atoms with E-state index in [-0.39, 0.29) is 6.04 Å². The SMILES string of the molecule is O=C(CNCC(F)(F)C(F)F)NC1CCOCC1. The molecule has 106 valence electrons. The average Bonchev–Trinajstić information content (AvgIpc) is 2.29. The molecular weight excluding hydrogens is 256 g/mol. The van der Waals surface area contributed by atoms with E-state index >= 15 is 0 Å². The van der Waals surface area contributed by atoms with Crippen LogP contribution in [0.4, 0.5) is 17.6 Å². The number of hydrogen-bond donors (Lipinski definition) is 2. The van der Waals surface area contributed by atoms with E-state index in [9.17, 15) is 22.4 Å². The first kappa shape index (κ1) is 15.2. The van der Waals surface area contributed by atoms with Gasteiger partial charge in [-0.3, -0.25) is 4.79 Å². The van der Waals surface area contributed by atoms with Crippen molar-refractivity contribution in [3.8, 4) is 0 Å². The number of hydrogen-bond acceptors (Lipinski definition) is 3. The van der Waals surface area contributed by atoms with Crippen LogP contribution in [-0.2, 0) is 9.53 Å². The molecule has 0 aliphatic carbocycles. The van der Waals surface area contributed by atoms with Gasteiger partial charge in [0, 0.05) is 19.3 Å². The summed E-state index contributed by atoms with van der Waals surface area (Å²) in [5.41, 5.74) is 0. The maximum atomic E-state index is 12.5. The number of ether oxygens (including phenoxy) is 1. The zero-order chi connectivity index (χ0) is 13.6. The number of rotatable bonds is 6. The molecule has 2 N–H and O–H groups in total. The van der Waals surface area contributed by atoms with Crippen molar-refractivity contribution in [1.82, 2.24) is 10.6 Å². The van der Waals surface area contributed by atoms with Crippen LogP contribution in [0.3, 0.4) is 0 Å². The van der Waals surface area contributed by atoms with Crippen LogP contribution in [0.25, 0.3) is 0 Å². The highest BCUT2D eigenvalue weighted by atomic mass is 19.3. The summed E-state index contributed by atoms with van der Waals surface area (Å²) in [7, 11) is 0. The third-order valence-corrected chi connectivity index (χ3v) is 2.55. The quantitative estimate of drug-likeness (QED) is 0.702. The molecule has 0 saturated carbocycles. The molecule has 1 aliphatic rings. The van der Waals surface area contributed by atoms with Gasteiger partial charge in [0.25, 0.3) is 0 Å². The van der Waals surface area contributed by atoms with E-state index in [4.69, 9.17) is 4.74 Å². The zero-order valence-electron chi connectivity index (χ0n) is 9.73. The Kier molecular flexibility index (Phi) is 5.80. The Bertz CT molecular complexity index is 271. The first-order valence-electron chi connectivity index (χ1n) is 5.65. The first-order chi connectivity index (χ1) is 8.42. The van der Waals surface area contributed by atoms with Gasteiger partial charge < -0.3 is 15.4 Å². The summed E-state index contributed by atoms with van der Waals surface area (Å²) < 4.78 is 53.7.